The Hall–Kier alpha value is -1.04. The fourth-order valence-electron chi connectivity index (χ4n) is 2.51. The average molecular weight is 461 g/mol. The van der Waals surface area contributed by atoms with Gasteiger partial charge >= 0.3 is 6.18 Å². The van der Waals surface area contributed by atoms with Crippen molar-refractivity contribution in [3.63, 3.8) is 0 Å². The molecular weight excluding hydrogens is 438 g/mol. The van der Waals surface area contributed by atoms with Gasteiger partial charge in [-0.15, -0.1) is 24.0 Å². The van der Waals surface area contributed by atoms with Crippen LogP contribution in [0, 0.1) is 13.8 Å². The van der Waals surface area contributed by atoms with E-state index in [0.717, 1.165) is 11.5 Å². The number of aryl methyl sites for hydroxylation is 2. The molecule has 1 aromatic rings. The van der Waals surface area contributed by atoms with Gasteiger partial charge in [-0.05, 0) is 20.3 Å². The minimum Gasteiger partial charge on any atom is -0.444 e. The smallest absolute Gasteiger partial charge is 0.401 e. The first-order chi connectivity index (χ1) is 10.8. The summed E-state index contributed by atoms with van der Waals surface area (Å²) in [6, 6.07) is -0.0587. The number of rotatable bonds is 4. The van der Waals surface area contributed by atoms with Crippen LogP contribution in [0.5, 0.6) is 0 Å². The van der Waals surface area contributed by atoms with Crippen molar-refractivity contribution in [2.75, 3.05) is 26.7 Å². The second kappa shape index (κ2) is 8.88. The molecule has 10 heteroatoms. The Bertz CT molecular complexity index is 542. The third-order valence-corrected chi connectivity index (χ3v) is 3.72. The van der Waals surface area contributed by atoms with Gasteiger partial charge in [-0.1, -0.05) is 0 Å². The summed E-state index contributed by atoms with van der Waals surface area (Å²) in [6.45, 7) is 3.97. The van der Waals surface area contributed by atoms with Crippen molar-refractivity contribution in [2.24, 2.45) is 4.99 Å². The molecule has 1 aliphatic rings. The van der Waals surface area contributed by atoms with Crippen LogP contribution < -0.4 is 10.6 Å². The number of halogens is 4. The van der Waals surface area contributed by atoms with E-state index in [2.05, 4.69) is 20.6 Å². The molecule has 0 radical (unpaired) electrons. The molecule has 1 saturated heterocycles. The Morgan fingerprint density at radius 2 is 2.12 bits per heavy atom. The largest absolute Gasteiger partial charge is 0.444 e. The molecule has 0 aliphatic carbocycles. The van der Waals surface area contributed by atoms with Crippen molar-refractivity contribution >= 4 is 29.9 Å². The molecule has 1 unspecified atom stereocenters. The van der Waals surface area contributed by atoms with Crippen LogP contribution in [-0.2, 0) is 6.54 Å². The molecule has 0 aromatic carbocycles. The maximum atomic E-state index is 12.4. The van der Waals surface area contributed by atoms with Gasteiger partial charge in [0.2, 0.25) is 5.89 Å². The van der Waals surface area contributed by atoms with Crippen molar-refractivity contribution in [3.8, 4) is 0 Å². The lowest BCUT2D eigenvalue weighted by Crippen LogP contribution is -2.44. The standard InChI is InChI=1S/C14H22F3N5O.HI/c1-9-10(2)23-12(20-9)6-19-13(18-3)21-11-4-5-22(7-11)8-14(15,16)17;/h11H,4-8H2,1-3H3,(H2,18,19,21);1H. The summed E-state index contributed by atoms with van der Waals surface area (Å²) in [5, 5.41) is 6.19. The lowest BCUT2D eigenvalue weighted by molar-refractivity contribution is -0.143. The SMILES string of the molecule is CN=C(NCc1nc(C)c(C)o1)NC1CCN(CC(F)(F)F)C1.I. The monoisotopic (exact) mass is 461 g/mol. The summed E-state index contributed by atoms with van der Waals surface area (Å²) in [6.07, 6.45) is -3.51. The molecule has 0 saturated carbocycles. The summed E-state index contributed by atoms with van der Waals surface area (Å²) >= 11 is 0. The highest BCUT2D eigenvalue weighted by Crippen LogP contribution is 2.19. The molecule has 138 valence electrons. The predicted octanol–water partition coefficient (Wildman–Crippen LogP) is 2.21. The quantitative estimate of drug-likeness (QED) is 0.409. The number of likely N-dealkylation sites (tertiary alicyclic amines) is 1. The van der Waals surface area contributed by atoms with Crippen molar-refractivity contribution in [2.45, 2.75) is 39.0 Å². The van der Waals surface area contributed by atoms with Crippen molar-refractivity contribution in [1.29, 1.82) is 0 Å². The number of aromatic nitrogens is 1. The van der Waals surface area contributed by atoms with E-state index in [0.29, 0.717) is 37.9 Å². The Morgan fingerprint density at radius 1 is 1.42 bits per heavy atom. The predicted molar refractivity (Wildman–Crippen MR) is 95.6 cm³/mol. The molecule has 1 atom stereocenters. The Balaban J connectivity index is 0.00000288. The first-order valence-electron chi connectivity index (χ1n) is 7.46. The normalized spacial score (nSPS) is 19.2. The number of guanidine groups is 1. The number of aliphatic imine (C=N–C) groups is 1. The van der Waals surface area contributed by atoms with Crippen LogP contribution in [0.1, 0.15) is 23.8 Å². The molecular formula is C14H23F3IN5O. The molecule has 2 N–H and O–H groups in total. The van der Waals surface area contributed by atoms with Gasteiger partial charge in [-0.25, -0.2) is 4.98 Å². The van der Waals surface area contributed by atoms with E-state index in [4.69, 9.17) is 4.42 Å². The summed E-state index contributed by atoms with van der Waals surface area (Å²) in [5.41, 5.74) is 0.836. The Labute approximate surface area is 156 Å². The van der Waals surface area contributed by atoms with E-state index in [1.165, 1.54) is 4.90 Å². The summed E-state index contributed by atoms with van der Waals surface area (Å²) in [5.74, 6) is 1.84. The fourth-order valence-corrected chi connectivity index (χ4v) is 2.51. The summed E-state index contributed by atoms with van der Waals surface area (Å²) < 4.78 is 42.6. The average Bonchev–Trinajstić information content (AvgIpc) is 3.00. The highest BCUT2D eigenvalue weighted by molar-refractivity contribution is 14.0. The molecule has 2 heterocycles. The van der Waals surface area contributed by atoms with E-state index in [9.17, 15) is 13.2 Å². The van der Waals surface area contributed by atoms with E-state index in [1.54, 1.807) is 7.05 Å². The van der Waals surface area contributed by atoms with Crippen molar-refractivity contribution < 1.29 is 17.6 Å². The first kappa shape index (κ1) is 21.0. The van der Waals surface area contributed by atoms with Gasteiger partial charge in [0.25, 0.3) is 0 Å². The van der Waals surface area contributed by atoms with Crippen molar-refractivity contribution in [1.82, 2.24) is 20.5 Å². The van der Waals surface area contributed by atoms with Gasteiger partial charge in [0.15, 0.2) is 5.96 Å². The maximum Gasteiger partial charge on any atom is 0.401 e. The summed E-state index contributed by atoms with van der Waals surface area (Å²) in [4.78, 5) is 9.73. The number of alkyl halides is 3. The number of hydrogen-bond acceptors (Lipinski definition) is 4. The van der Waals surface area contributed by atoms with E-state index in [1.807, 2.05) is 13.8 Å². The van der Waals surface area contributed by atoms with E-state index in [-0.39, 0.29) is 30.0 Å². The molecule has 0 spiro atoms. The van der Waals surface area contributed by atoms with Crippen LogP contribution in [0.3, 0.4) is 0 Å². The molecule has 6 nitrogen and oxygen atoms in total. The molecule has 0 bridgehead atoms. The first-order valence-corrected chi connectivity index (χ1v) is 7.46. The van der Waals surface area contributed by atoms with E-state index >= 15 is 0 Å². The van der Waals surface area contributed by atoms with Crippen LogP contribution in [0.2, 0.25) is 0 Å². The highest BCUT2D eigenvalue weighted by atomic mass is 127. The molecule has 1 aliphatic heterocycles. The molecule has 24 heavy (non-hydrogen) atoms. The lowest BCUT2D eigenvalue weighted by atomic mass is 10.3. The maximum absolute atomic E-state index is 12.4. The van der Waals surface area contributed by atoms with Gasteiger partial charge in [0, 0.05) is 26.2 Å². The number of hydrogen-bond donors (Lipinski definition) is 2. The van der Waals surface area contributed by atoms with Gasteiger partial charge in [-0.2, -0.15) is 13.2 Å². The van der Waals surface area contributed by atoms with Crippen LogP contribution >= 0.6 is 24.0 Å². The molecule has 0 amide bonds. The topological polar surface area (TPSA) is 65.7 Å². The van der Waals surface area contributed by atoms with E-state index < -0.39 is 12.7 Å². The lowest BCUT2D eigenvalue weighted by Gasteiger charge is -2.19. The van der Waals surface area contributed by atoms with Crippen molar-refractivity contribution in [3.05, 3.63) is 17.3 Å². The third kappa shape index (κ3) is 6.46. The van der Waals surface area contributed by atoms with Crippen LogP contribution in [-0.4, -0.2) is 54.7 Å². The summed E-state index contributed by atoms with van der Waals surface area (Å²) in [7, 11) is 1.61. The van der Waals surface area contributed by atoms with Crippen LogP contribution in [0.25, 0.3) is 0 Å². The van der Waals surface area contributed by atoms with Crippen LogP contribution in [0.15, 0.2) is 9.41 Å². The highest BCUT2D eigenvalue weighted by Gasteiger charge is 2.34. The van der Waals surface area contributed by atoms with Gasteiger partial charge in [-0.3, -0.25) is 9.89 Å². The number of nitrogens with zero attached hydrogens (tertiary/aromatic N) is 3. The zero-order valence-electron chi connectivity index (χ0n) is 13.9. The third-order valence-electron chi connectivity index (χ3n) is 3.72. The van der Waals surface area contributed by atoms with Gasteiger partial charge < -0.3 is 15.1 Å². The zero-order valence-corrected chi connectivity index (χ0v) is 16.2. The zero-order chi connectivity index (χ0) is 17.0. The number of nitrogens with one attached hydrogen (secondary N) is 2. The molecule has 1 fully saturated rings. The minimum absolute atomic E-state index is 0. The number of oxazole rings is 1. The minimum atomic E-state index is -4.16. The fraction of sp³-hybridized carbons (Fsp3) is 0.714. The molecule has 2 rings (SSSR count). The second-order valence-electron chi connectivity index (χ2n) is 5.66. The van der Waals surface area contributed by atoms with Gasteiger partial charge in [0.05, 0.1) is 18.8 Å². The second-order valence-corrected chi connectivity index (χ2v) is 5.66. The Kier molecular flexibility index (Phi) is 7.77. The Morgan fingerprint density at radius 3 is 2.67 bits per heavy atom. The van der Waals surface area contributed by atoms with Gasteiger partial charge in [0.1, 0.15) is 5.76 Å². The molecule has 1 aromatic heterocycles. The van der Waals surface area contributed by atoms with Crippen LogP contribution in [0.4, 0.5) is 13.2 Å².